The first kappa shape index (κ1) is 17.8. The highest BCUT2D eigenvalue weighted by molar-refractivity contribution is 5.46. The third-order valence-electron chi connectivity index (χ3n) is 4.84. The van der Waals surface area contributed by atoms with Crippen LogP contribution in [0.1, 0.15) is 36.6 Å². The molecule has 136 valence electrons. The van der Waals surface area contributed by atoms with Gasteiger partial charge < -0.3 is 19.2 Å². The lowest BCUT2D eigenvalue weighted by atomic mass is 10.1. The van der Waals surface area contributed by atoms with Crippen LogP contribution in [0.5, 0.6) is 11.5 Å². The summed E-state index contributed by atoms with van der Waals surface area (Å²) in [5, 5.41) is 3.58. The number of methoxy groups -OCH3 is 2. The Hall–Kier alpha value is -1.98. The van der Waals surface area contributed by atoms with Crippen LogP contribution >= 0.6 is 0 Å². The van der Waals surface area contributed by atoms with Crippen LogP contribution in [0.15, 0.2) is 41.0 Å². The van der Waals surface area contributed by atoms with Crippen molar-refractivity contribution in [1.82, 2.24) is 10.2 Å². The highest BCUT2D eigenvalue weighted by Crippen LogP contribution is 2.31. The van der Waals surface area contributed by atoms with Crippen molar-refractivity contribution in [3.63, 3.8) is 0 Å². The largest absolute Gasteiger partial charge is 0.493 e. The fraction of sp³-hybridized carbons (Fsp3) is 0.500. The summed E-state index contributed by atoms with van der Waals surface area (Å²) in [5.74, 6) is 2.59. The number of hydrogen-bond acceptors (Lipinski definition) is 5. The van der Waals surface area contributed by atoms with Gasteiger partial charge in [-0.15, -0.1) is 0 Å². The normalized spacial score (nSPS) is 16.6. The van der Waals surface area contributed by atoms with Gasteiger partial charge in [0.2, 0.25) is 0 Å². The van der Waals surface area contributed by atoms with E-state index in [2.05, 4.69) is 22.3 Å². The Morgan fingerprint density at radius 1 is 1.08 bits per heavy atom. The van der Waals surface area contributed by atoms with Crippen molar-refractivity contribution < 1.29 is 13.9 Å². The van der Waals surface area contributed by atoms with E-state index in [9.17, 15) is 0 Å². The van der Waals surface area contributed by atoms with Crippen LogP contribution in [0.25, 0.3) is 0 Å². The molecule has 1 N–H and O–H groups in total. The molecule has 0 spiro atoms. The van der Waals surface area contributed by atoms with Gasteiger partial charge in [0, 0.05) is 18.7 Å². The van der Waals surface area contributed by atoms with Gasteiger partial charge in [-0.2, -0.15) is 0 Å². The van der Waals surface area contributed by atoms with Crippen LogP contribution in [0.2, 0.25) is 0 Å². The third kappa shape index (κ3) is 4.35. The van der Waals surface area contributed by atoms with Gasteiger partial charge in [-0.05, 0) is 44.1 Å². The Morgan fingerprint density at radius 3 is 2.60 bits per heavy atom. The van der Waals surface area contributed by atoms with Gasteiger partial charge in [-0.1, -0.05) is 18.6 Å². The van der Waals surface area contributed by atoms with Crippen molar-refractivity contribution in [3.05, 3.63) is 47.9 Å². The fourth-order valence-corrected chi connectivity index (χ4v) is 3.56. The monoisotopic (exact) mass is 344 g/mol. The minimum atomic E-state index is 0.270. The minimum absolute atomic E-state index is 0.270. The van der Waals surface area contributed by atoms with Gasteiger partial charge >= 0.3 is 0 Å². The van der Waals surface area contributed by atoms with Crippen LogP contribution < -0.4 is 14.8 Å². The molecule has 5 heteroatoms. The van der Waals surface area contributed by atoms with E-state index < -0.39 is 0 Å². The molecular formula is C20H28N2O3. The van der Waals surface area contributed by atoms with E-state index in [4.69, 9.17) is 13.9 Å². The number of nitrogens with zero attached hydrogens (tertiary/aromatic N) is 1. The van der Waals surface area contributed by atoms with Crippen LogP contribution in [0, 0.1) is 0 Å². The maximum Gasteiger partial charge on any atom is 0.165 e. The number of likely N-dealkylation sites (tertiary alicyclic amines) is 1. The lowest BCUT2D eigenvalue weighted by Crippen LogP contribution is -2.38. The number of benzene rings is 1. The molecule has 0 radical (unpaired) electrons. The Morgan fingerprint density at radius 2 is 1.92 bits per heavy atom. The van der Waals surface area contributed by atoms with Crippen LogP contribution in [-0.4, -0.2) is 38.8 Å². The van der Waals surface area contributed by atoms with E-state index in [1.54, 1.807) is 20.5 Å². The summed E-state index contributed by atoms with van der Waals surface area (Å²) < 4.78 is 16.6. The molecule has 2 heterocycles. The summed E-state index contributed by atoms with van der Waals surface area (Å²) >= 11 is 0. The summed E-state index contributed by atoms with van der Waals surface area (Å²) in [7, 11) is 3.35. The Kier molecular flexibility index (Phi) is 6.36. The zero-order chi connectivity index (χ0) is 17.5. The predicted molar refractivity (Wildman–Crippen MR) is 98.1 cm³/mol. The van der Waals surface area contributed by atoms with Crippen molar-refractivity contribution in [1.29, 1.82) is 0 Å². The maximum absolute atomic E-state index is 5.71. The zero-order valence-electron chi connectivity index (χ0n) is 15.2. The summed E-state index contributed by atoms with van der Waals surface area (Å²) in [4.78, 5) is 2.53. The second kappa shape index (κ2) is 8.92. The van der Waals surface area contributed by atoms with E-state index in [0.717, 1.165) is 49.0 Å². The topological polar surface area (TPSA) is 46.9 Å². The molecule has 1 saturated heterocycles. The Labute approximate surface area is 149 Å². The van der Waals surface area contributed by atoms with Crippen molar-refractivity contribution in [2.75, 3.05) is 33.9 Å². The van der Waals surface area contributed by atoms with E-state index in [-0.39, 0.29) is 6.04 Å². The number of ether oxygens (including phenoxy) is 2. The van der Waals surface area contributed by atoms with E-state index in [1.807, 2.05) is 18.2 Å². The smallest absolute Gasteiger partial charge is 0.165 e. The molecule has 0 amide bonds. The molecule has 2 aromatic rings. The molecule has 1 fully saturated rings. The summed E-state index contributed by atoms with van der Waals surface area (Å²) in [5.41, 5.74) is 1.10. The van der Waals surface area contributed by atoms with Crippen LogP contribution in [0.4, 0.5) is 0 Å². The maximum atomic E-state index is 5.71. The first-order valence-corrected chi connectivity index (χ1v) is 9.01. The van der Waals surface area contributed by atoms with Crippen molar-refractivity contribution in [3.8, 4) is 11.5 Å². The van der Waals surface area contributed by atoms with E-state index in [1.165, 1.54) is 19.3 Å². The molecule has 0 bridgehead atoms. The molecule has 1 aliphatic heterocycles. The van der Waals surface area contributed by atoms with Gasteiger partial charge in [0.25, 0.3) is 0 Å². The minimum Gasteiger partial charge on any atom is -0.493 e. The SMILES string of the molecule is COc1cccc(CNC[C@H](c2ccco2)N2CCCCC2)c1OC. The van der Waals surface area contributed by atoms with Crippen molar-refractivity contribution in [2.45, 2.75) is 31.8 Å². The first-order valence-electron chi connectivity index (χ1n) is 9.01. The molecule has 1 aliphatic rings. The average Bonchev–Trinajstić information content (AvgIpc) is 3.20. The lowest BCUT2D eigenvalue weighted by Gasteiger charge is -2.33. The fourth-order valence-electron chi connectivity index (χ4n) is 3.56. The molecule has 0 unspecified atom stereocenters. The number of rotatable bonds is 8. The standard InChI is InChI=1S/C20H28N2O3/c1-23-19-9-6-8-16(20(19)24-2)14-21-15-17(18-10-7-13-25-18)22-11-4-3-5-12-22/h6-10,13,17,21H,3-5,11-12,14-15H2,1-2H3/t17-/m1/s1. The molecular weight excluding hydrogens is 316 g/mol. The van der Waals surface area contributed by atoms with E-state index in [0.29, 0.717) is 0 Å². The van der Waals surface area contributed by atoms with Gasteiger partial charge in [-0.25, -0.2) is 0 Å². The highest BCUT2D eigenvalue weighted by Gasteiger charge is 2.24. The lowest BCUT2D eigenvalue weighted by molar-refractivity contribution is 0.142. The van der Waals surface area contributed by atoms with Gasteiger partial charge in [-0.3, -0.25) is 4.90 Å². The Bertz CT molecular complexity index is 636. The van der Waals surface area contributed by atoms with Gasteiger partial charge in [0.15, 0.2) is 11.5 Å². The number of piperidine rings is 1. The van der Waals surface area contributed by atoms with Crippen molar-refractivity contribution >= 4 is 0 Å². The zero-order valence-corrected chi connectivity index (χ0v) is 15.2. The molecule has 1 aromatic heterocycles. The predicted octanol–water partition coefficient (Wildman–Crippen LogP) is 3.61. The van der Waals surface area contributed by atoms with Crippen molar-refractivity contribution in [2.24, 2.45) is 0 Å². The number of hydrogen-bond donors (Lipinski definition) is 1. The van der Waals surface area contributed by atoms with E-state index >= 15 is 0 Å². The number of furan rings is 1. The molecule has 1 aromatic carbocycles. The first-order chi connectivity index (χ1) is 12.3. The number of nitrogens with one attached hydrogen (secondary N) is 1. The highest BCUT2D eigenvalue weighted by atomic mass is 16.5. The van der Waals surface area contributed by atoms with Gasteiger partial charge in [0.05, 0.1) is 26.5 Å². The molecule has 0 aliphatic carbocycles. The molecule has 5 nitrogen and oxygen atoms in total. The van der Waals surface area contributed by atoms with Crippen LogP contribution in [-0.2, 0) is 6.54 Å². The quantitative estimate of drug-likeness (QED) is 0.793. The Balaban J connectivity index is 1.66. The molecule has 3 rings (SSSR count). The second-order valence-corrected chi connectivity index (χ2v) is 6.41. The average molecular weight is 344 g/mol. The van der Waals surface area contributed by atoms with Gasteiger partial charge in [0.1, 0.15) is 5.76 Å². The van der Waals surface area contributed by atoms with Crippen LogP contribution in [0.3, 0.4) is 0 Å². The molecule has 1 atom stereocenters. The number of para-hydroxylation sites is 1. The second-order valence-electron chi connectivity index (χ2n) is 6.41. The molecule has 0 saturated carbocycles. The summed E-state index contributed by atoms with van der Waals surface area (Å²) in [6.45, 7) is 3.84. The third-order valence-corrected chi connectivity index (χ3v) is 4.84. The summed E-state index contributed by atoms with van der Waals surface area (Å²) in [6.07, 6.45) is 5.62. The summed E-state index contributed by atoms with van der Waals surface area (Å²) in [6, 6.07) is 10.3. The molecule has 25 heavy (non-hydrogen) atoms.